The molecule has 1 aromatic heterocycles. The zero-order valence-corrected chi connectivity index (χ0v) is 22.0. The Bertz CT molecular complexity index is 1270. The molecule has 3 aromatic rings. The number of halogens is 5. The second-order valence-electron chi connectivity index (χ2n) is 8.35. The van der Waals surface area contributed by atoms with Gasteiger partial charge in [-0.2, -0.15) is 13.2 Å². The molecule has 0 spiro atoms. The highest BCUT2D eigenvalue weighted by atomic mass is 35.5. The van der Waals surface area contributed by atoms with E-state index >= 15 is 0 Å². The fourth-order valence-corrected chi connectivity index (χ4v) is 4.77. The molecule has 0 saturated heterocycles. The zero-order valence-electron chi connectivity index (χ0n) is 19.7. The van der Waals surface area contributed by atoms with E-state index in [1.165, 1.54) is 6.07 Å². The van der Waals surface area contributed by atoms with Crippen LogP contribution in [0.1, 0.15) is 48.0 Å². The normalized spacial score (nSPS) is 11.9. The molecular formula is C26H23Cl2F3O4S. The van der Waals surface area contributed by atoms with E-state index in [2.05, 4.69) is 0 Å². The molecule has 3 rings (SSSR count). The van der Waals surface area contributed by atoms with Crippen molar-refractivity contribution in [1.82, 2.24) is 0 Å². The molecule has 0 fully saturated rings. The Morgan fingerprint density at radius 3 is 2.39 bits per heavy atom. The third kappa shape index (κ3) is 6.60. The van der Waals surface area contributed by atoms with E-state index in [1.807, 2.05) is 0 Å². The van der Waals surface area contributed by atoms with Gasteiger partial charge in [0, 0.05) is 11.3 Å². The Morgan fingerprint density at radius 1 is 1.00 bits per heavy atom. The number of carbonyl (C=O) groups is 2. The van der Waals surface area contributed by atoms with Crippen molar-refractivity contribution in [2.75, 3.05) is 6.61 Å². The van der Waals surface area contributed by atoms with E-state index in [4.69, 9.17) is 32.7 Å². The van der Waals surface area contributed by atoms with Crippen LogP contribution in [0.2, 0.25) is 10.0 Å². The van der Waals surface area contributed by atoms with Crippen LogP contribution in [0.3, 0.4) is 0 Å². The lowest BCUT2D eigenvalue weighted by atomic mass is 10.1. The minimum atomic E-state index is -4.44. The van der Waals surface area contributed by atoms with E-state index in [-0.39, 0.29) is 41.0 Å². The summed E-state index contributed by atoms with van der Waals surface area (Å²) >= 11 is 13.9. The highest BCUT2D eigenvalue weighted by Gasteiger charge is 2.33. The molecule has 0 unspecified atom stereocenters. The van der Waals surface area contributed by atoms with Crippen molar-refractivity contribution < 1.29 is 32.2 Å². The van der Waals surface area contributed by atoms with Gasteiger partial charge in [-0.3, -0.25) is 4.79 Å². The van der Waals surface area contributed by atoms with Crippen molar-refractivity contribution in [2.45, 2.75) is 45.4 Å². The molecule has 2 aromatic carbocycles. The average Bonchev–Trinajstić information content (AvgIpc) is 3.31. The minimum absolute atomic E-state index is 0.113. The second-order valence-corrected chi connectivity index (χ2v) is 10.2. The number of ketones is 1. The van der Waals surface area contributed by atoms with Crippen LogP contribution in [0.15, 0.2) is 48.5 Å². The smallest absolute Gasteiger partial charge is 0.416 e. The van der Waals surface area contributed by atoms with Crippen molar-refractivity contribution in [3.8, 4) is 16.2 Å². The van der Waals surface area contributed by atoms with Crippen LogP contribution in [0, 0.1) is 0 Å². The number of carbonyl (C=O) groups excluding carboxylic acids is 2. The number of ether oxygens (including phenoxy) is 2. The van der Waals surface area contributed by atoms with Crippen LogP contribution in [0.25, 0.3) is 10.4 Å². The molecule has 1 heterocycles. The molecule has 192 valence electrons. The number of hydrogen-bond acceptors (Lipinski definition) is 5. The molecule has 0 bridgehead atoms. The van der Waals surface area contributed by atoms with Crippen molar-refractivity contribution in [3.05, 3.63) is 74.6 Å². The Hall–Kier alpha value is -2.55. The Kier molecular flexibility index (Phi) is 8.75. The Morgan fingerprint density at radius 2 is 1.72 bits per heavy atom. The summed E-state index contributed by atoms with van der Waals surface area (Å²) in [4.78, 5) is 25.8. The molecule has 10 heteroatoms. The summed E-state index contributed by atoms with van der Waals surface area (Å²) in [5.41, 5.74) is -1.02. The van der Waals surface area contributed by atoms with Crippen LogP contribution in [-0.4, -0.2) is 24.0 Å². The van der Waals surface area contributed by atoms with Crippen molar-refractivity contribution in [3.63, 3.8) is 0 Å². The number of Topliss-reactive ketones (excluding diaryl/α,β-unsaturated/α-hetero) is 1. The predicted octanol–water partition coefficient (Wildman–Crippen LogP) is 8.28. The summed E-state index contributed by atoms with van der Waals surface area (Å²) in [5.74, 6) is -0.514. The van der Waals surface area contributed by atoms with Crippen LogP contribution in [0.4, 0.5) is 13.2 Å². The molecule has 0 saturated carbocycles. The molecule has 0 aliphatic rings. The number of aryl methyl sites for hydroxylation is 1. The van der Waals surface area contributed by atoms with Gasteiger partial charge < -0.3 is 9.47 Å². The first-order valence-corrected chi connectivity index (χ1v) is 12.5. The standard InChI is InChI=1S/C26H23Cl2F3O4S/c1-4-34-24(33)25(2,3)35-19-11-9-15(22(27)23(19)28)8-10-18(32)21-13-12-20(36-21)16-6-5-7-17(14-16)26(29,30)31/h5-7,9,11-14H,4,8,10H2,1-3H3. The van der Waals surface area contributed by atoms with E-state index < -0.39 is 23.3 Å². The average molecular weight is 559 g/mol. The lowest BCUT2D eigenvalue weighted by Gasteiger charge is -2.25. The van der Waals surface area contributed by atoms with Gasteiger partial charge in [-0.15, -0.1) is 11.3 Å². The van der Waals surface area contributed by atoms with Gasteiger partial charge in [-0.1, -0.05) is 41.4 Å². The van der Waals surface area contributed by atoms with Gasteiger partial charge in [0.05, 0.1) is 22.1 Å². The molecule has 0 radical (unpaired) electrons. The highest BCUT2D eigenvalue weighted by Crippen LogP contribution is 2.38. The topological polar surface area (TPSA) is 52.6 Å². The SMILES string of the molecule is CCOC(=O)C(C)(C)Oc1ccc(CCC(=O)c2ccc(-c3cccc(C(F)(F)F)c3)s2)c(Cl)c1Cl. The summed E-state index contributed by atoms with van der Waals surface area (Å²) in [6.45, 7) is 5.00. The maximum Gasteiger partial charge on any atom is 0.416 e. The molecular weight excluding hydrogens is 536 g/mol. The lowest BCUT2D eigenvalue weighted by Crippen LogP contribution is -2.39. The summed E-state index contributed by atoms with van der Waals surface area (Å²) in [7, 11) is 0. The molecule has 0 amide bonds. The van der Waals surface area contributed by atoms with Gasteiger partial charge in [0.2, 0.25) is 0 Å². The van der Waals surface area contributed by atoms with Crippen molar-refractivity contribution in [1.29, 1.82) is 0 Å². The first-order chi connectivity index (χ1) is 16.8. The number of rotatable bonds is 9. The molecule has 0 aliphatic heterocycles. The number of thiophene rings is 1. The van der Waals surface area contributed by atoms with E-state index in [1.54, 1.807) is 51.1 Å². The van der Waals surface area contributed by atoms with E-state index in [0.717, 1.165) is 23.5 Å². The van der Waals surface area contributed by atoms with E-state index in [0.29, 0.717) is 20.9 Å². The second kappa shape index (κ2) is 11.2. The number of alkyl halides is 3. The van der Waals surface area contributed by atoms with Gasteiger partial charge in [0.25, 0.3) is 0 Å². The van der Waals surface area contributed by atoms with Crippen molar-refractivity contribution >= 4 is 46.3 Å². The van der Waals surface area contributed by atoms with Crippen LogP contribution >= 0.6 is 34.5 Å². The third-order valence-corrected chi connectivity index (χ3v) is 7.31. The Labute approximate surface area is 220 Å². The summed E-state index contributed by atoms with van der Waals surface area (Å²) in [6.07, 6.45) is -4.04. The lowest BCUT2D eigenvalue weighted by molar-refractivity contribution is -0.158. The monoisotopic (exact) mass is 558 g/mol. The van der Waals surface area contributed by atoms with Gasteiger partial charge in [-0.25, -0.2) is 4.79 Å². The highest BCUT2D eigenvalue weighted by molar-refractivity contribution is 7.17. The fraction of sp³-hybridized carbons (Fsp3) is 0.308. The number of esters is 1. The molecule has 4 nitrogen and oxygen atoms in total. The first kappa shape index (κ1) is 28.0. The van der Waals surface area contributed by atoms with Gasteiger partial charge in [0.15, 0.2) is 11.4 Å². The number of hydrogen-bond donors (Lipinski definition) is 0. The molecule has 0 aliphatic carbocycles. The largest absolute Gasteiger partial charge is 0.475 e. The molecule has 0 atom stereocenters. The molecule has 0 N–H and O–H groups in total. The number of benzene rings is 2. The summed E-state index contributed by atoms with van der Waals surface area (Å²) < 4.78 is 49.8. The van der Waals surface area contributed by atoms with Gasteiger partial charge in [-0.05, 0) is 68.7 Å². The maximum absolute atomic E-state index is 13.0. The Balaban J connectivity index is 1.69. The first-order valence-electron chi connectivity index (χ1n) is 11.0. The van der Waals surface area contributed by atoms with Crippen LogP contribution in [-0.2, 0) is 22.1 Å². The van der Waals surface area contributed by atoms with Crippen molar-refractivity contribution in [2.24, 2.45) is 0 Å². The van der Waals surface area contributed by atoms with Crippen LogP contribution in [0.5, 0.6) is 5.75 Å². The summed E-state index contributed by atoms with van der Waals surface area (Å²) in [6, 6.07) is 11.5. The predicted molar refractivity (Wildman–Crippen MR) is 135 cm³/mol. The third-order valence-electron chi connectivity index (χ3n) is 5.24. The van der Waals surface area contributed by atoms with Crippen LogP contribution < -0.4 is 4.74 Å². The quantitative estimate of drug-likeness (QED) is 0.196. The molecule has 36 heavy (non-hydrogen) atoms. The zero-order chi connectivity index (χ0) is 26.7. The van der Waals surface area contributed by atoms with Gasteiger partial charge in [0.1, 0.15) is 10.8 Å². The minimum Gasteiger partial charge on any atom is -0.475 e. The summed E-state index contributed by atoms with van der Waals surface area (Å²) in [5, 5.41) is 0.319. The van der Waals surface area contributed by atoms with E-state index in [9.17, 15) is 22.8 Å². The fourth-order valence-electron chi connectivity index (χ4n) is 3.33. The maximum atomic E-state index is 13.0. The van der Waals surface area contributed by atoms with Gasteiger partial charge >= 0.3 is 12.1 Å².